The number of hydrogen-bond acceptors (Lipinski definition) is 3. The summed E-state index contributed by atoms with van der Waals surface area (Å²) in [6.45, 7) is 10.9. The molecule has 0 saturated carbocycles. The van der Waals surface area contributed by atoms with E-state index in [0.717, 1.165) is 19.5 Å². The lowest BCUT2D eigenvalue weighted by molar-refractivity contribution is 0.343. The van der Waals surface area contributed by atoms with E-state index in [1.807, 2.05) is 4.68 Å². The molecule has 0 bridgehead atoms. The molecule has 0 amide bonds. The van der Waals surface area contributed by atoms with Crippen molar-refractivity contribution in [2.24, 2.45) is 5.41 Å². The highest BCUT2D eigenvalue weighted by molar-refractivity contribution is 4.69. The Labute approximate surface area is 92.1 Å². The lowest BCUT2D eigenvalue weighted by Crippen LogP contribution is -2.34. The summed E-state index contributed by atoms with van der Waals surface area (Å²) in [5.41, 5.74) is 0.349. The zero-order chi connectivity index (χ0) is 11.3. The Morgan fingerprint density at radius 3 is 2.67 bits per heavy atom. The van der Waals surface area contributed by atoms with Gasteiger partial charge in [-0.15, -0.1) is 0 Å². The van der Waals surface area contributed by atoms with Crippen LogP contribution in [0.15, 0.2) is 12.7 Å². The standard InChI is InChI=1S/C11H22N4/c1-10(13-7-11(2,3)4)5-6-15-9-12-8-14-15/h8-10,13H,5-7H2,1-4H3. The lowest BCUT2D eigenvalue weighted by atomic mass is 9.96. The van der Waals surface area contributed by atoms with Gasteiger partial charge in [-0.05, 0) is 18.8 Å². The zero-order valence-corrected chi connectivity index (χ0v) is 10.2. The van der Waals surface area contributed by atoms with Crippen molar-refractivity contribution < 1.29 is 0 Å². The van der Waals surface area contributed by atoms with Gasteiger partial charge in [0.2, 0.25) is 0 Å². The van der Waals surface area contributed by atoms with Gasteiger partial charge in [-0.3, -0.25) is 4.68 Å². The SMILES string of the molecule is CC(CCn1cncn1)NCC(C)(C)C. The van der Waals surface area contributed by atoms with E-state index in [1.54, 1.807) is 12.7 Å². The Bertz CT molecular complexity index is 261. The first-order chi connectivity index (χ1) is 6.97. The number of rotatable bonds is 5. The van der Waals surface area contributed by atoms with Crippen LogP contribution in [0.25, 0.3) is 0 Å². The molecule has 0 saturated heterocycles. The van der Waals surface area contributed by atoms with E-state index in [2.05, 4.69) is 43.1 Å². The van der Waals surface area contributed by atoms with Crippen LogP contribution < -0.4 is 5.32 Å². The molecule has 1 unspecified atom stereocenters. The molecule has 1 N–H and O–H groups in total. The summed E-state index contributed by atoms with van der Waals surface area (Å²) in [6, 6.07) is 0.522. The van der Waals surface area contributed by atoms with Crippen LogP contribution >= 0.6 is 0 Å². The van der Waals surface area contributed by atoms with Crippen molar-refractivity contribution in [2.45, 2.75) is 46.7 Å². The van der Waals surface area contributed by atoms with Crippen LogP contribution in [0.1, 0.15) is 34.1 Å². The minimum absolute atomic E-state index is 0.349. The Balaban J connectivity index is 2.16. The van der Waals surface area contributed by atoms with Crippen molar-refractivity contribution in [3.05, 3.63) is 12.7 Å². The summed E-state index contributed by atoms with van der Waals surface area (Å²) in [7, 11) is 0. The molecule has 4 nitrogen and oxygen atoms in total. The number of hydrogen-bond donors (Lipinski definition) is 1. The van der Waals surface area contributed by atoms with Crippen molar-refractivity contribution in [2.75, 3.05) is 6.54 Å². The Morgan fingerprint density at radius 2 is 2.13 bits per heavy atom. The van der Waals surface area contributed by atoms with Gasteiger partial charge in [0.15, 0.2) is 0 Å². The van der Waals surface area contributed by atoms with E-state index in [-0.39, 0.29) is 0 Å². The van der Waals surface area contributed by atoms with Gasteiger partial charge in [-0.25, -0.2) is 4.98 Å². The van der Waals surface area contributed by atoms with Crippen molar-refractivity contribution >= 4 is 0 Å². The molecule has 86 valence electrons. The summed E-state index contributed by atoms with van der Waals surface area (Å²) in [6.07, 6.45) is 4.42. The summed E-state index contributed by atoms with van der Waals surface area (Å²) >= 11 is 0. The molecule has 1 rings (SSSR count). The summed E-state index contributed by atoms with van der Waals surface area (Å²) in [5, 5.41) is 7.60. The molecule has 1 aromatic heterocycles. The second-order valence-electron chi connectivity index (χ2n) is 5.29. The first-order valence-electron chi connectivity index (χ1n) is 5.53. The van der Waals surface area contributed by atoms with Crippen LogP contribution in [-0.4, -0.2) is 27.4 Å². The maximum Gasteiger partial charge on any atom is 0.137 e. The van der Waals surface area contributed by atoms with Gasteiger partial charge in [0.05, 0.1) is 0 Å². The van der Waals surface area contributed by atoms with E-state index in [1.165, 1.54) is 0 Å². The molecule has 0 aliphatic heterocycles. The molecule has 0 aromatic carbocycles. The van der Waals surface area contributed by atoms with Crippen molar-refractivity contribution in [1.82, 2.24) is 20.1 Å². The van der Waals surface area contributed by atoms with E-state index >= 15 is 0 Å². The van der Waals surface area contributed by atoms with Crippen LogP contribution in [0.3, 0.4) is 0 Å². The molecule has 0 radical (unpaired) electrons. The van der Waals surface area contributed by atoms with Gasteiger partial charge in [0, 0.05) is 19.1 Å². The number of aromatic nitrogens is 3. The fraction of sp³-hybridized carbons (Fsp3) is 0.818. The Kier molecular flexibility index (Phi) is 4.27. The van der Waals surface area contributed by atoms with Crippen LogP contribution in [0.5, 0.6) is 0 Å². The average molecular weight is 210 g/mol. The lowest BCUT2D eigenvalue weighted by Gasteiger charge is -2.22. The van der Waals surface area contributed by atoms with Crippen molar-refractivity contribution in [3.63, 3.8) is 0 Å². The topological polar surface area (TPSA) is 42.7 Å². The number of aryl methyl sites for hydroxylation is 1. The van der Waals surface area contributed by atoms with E-state index < -0.39 is 0 Å². The quantitative estimate of drug-likeness (QED) is 0.804. The predicted molar refractivity (Wildman–Crippen MR) is 61.6 cm³/mol. The van der Waals surface area contributed by atoms with Crippen LogP contribution in [0, 0.1) is 5.41 Å². The number of nitrogens with one attached hydrogen (secondary N) is 1. The summed E-state index contributed by atoms with van der Waals surface area (Å²) in [5.74, 6) is 0. The smallest absolute Gasteiger partial charge is 0.137 e. The summed E-state index contributed by atoms with van der Waals surface area (Å²) < 4.78 is 1.87. The largest absolute Gasteiger partial charge is 0.314 e. The summed E-state index contributed by atoms with van der Waals surface area (Å²) in [4.78, 5) is 3.92. The molecule has 1 atom stereocenters. The maximum absolute atomic E-state index is 4.07. The normalized spacial score (nSPS) is 14.1. The van der Waals surface area contributed by atoms with Gasteiger partial charge >= 0.3 is 0 Å². The maximum atomic E-state index is 4.07. The molecular formula is C11H22N4. The van der Waals surface area contributed by atoms with Gasteiger partial charge in [0.1, 0.15) is 12.7 Å². The van der Waals surface area contributed by atoms with Gasteiger partial charge in [0.25, 0.3) is 0 Å². The van der Waals surface area contributed by atoms with Gasteiger partial charge in [-0.1, -0.05) is 20.8 Å². The minimum Gasteiger partial charge on any atom is -0.314 e. The Morgan fingerprint density at radius 1 is 1.40 bits per heavy atom. The molecule has 0 fully saturated rings. The molecule has 4 heteroatoms. The van der Waals surface area contributed by atoms with Crippen LogP contribution in [-0.2, 0) is 6.54 Å². The third-order valence-corrected chi connectivity index (χ3v) is 2.24. The van der Waals surface area contributed by atoms with Crippen molar-refractivity contribution in [1.29, 1.82) is 0 Å². The molecule has 0 aliphatic carbocycles. The highest BCUT2D eigenvalue weighted by Crippen LogP contribution is 2.11. The first-order valence-corrected chi connectivity index (χ1v) is 5.53. The van der Waals surface area contributed by atoms with Gasteiger partial charge < -0.3 is 5.32 Å². The third kappa shape index (κ3) is 5.52. The zero-order valence-electron chi connectivity index (χ0n) is 10.2. The van der Waals surface area contributed by atoms with Gasteiger partial charge in [-0.2, -0.15) is 5.10 Å². The van der Waals surface area contributed by atoms with E-state index in [4.69, 9.17) is 0 Å². The monoisotopic (exact) mass is 210 g/mol. The number of nitrogens with zero attached hydrogens (tertiary/aromatic N) is 3. The molecule has 15 heavy (non-hydrogen) atoms. The van der Waals surface area contributed by atoms with E-state index in [9.17, 15) is 0 Å². The Hall–Kier alpha value is -0.900. The van der Waals surface area contributed by atoms with E-state index in [0.29, 0.717) is 11.5 Å². The fourth-order valence-corrected chi connectivity index (χ4v) is 1.26. The fourth-order valence-electron chi connectivity index (χ4n) is 1.26. The van der Waals surface area contributed by atoms with Crippen LogP contribution in [0.2, 0.25) is 0 Å². The predicted octanol–water partition coefficient (Wildman–Crippen LogP) is 1.69. The molecule has 0 spiro atoms. The molecular weight excluding hydrogens is 188 g/mol. The second-order valence-corrected chi connectivity index (χ2v) is 5.29. The average Bonchev–Trinajstić information content (AvgIpc) is 2.62. The van der Waals surface area contributed by atoms with Crippen LogP contribution in [0.4, 0.5) is 0 Å². The molecule has 0 aliphatic rings. The third-order valence-electron chi connectivity index (χ3n) is 2.24. The molecule has 1 aromatic rings. The second kappa shape index (κ2) is 5.26. The minimum atomic E-state index is 0.349. The highest BCUT2D eigenvalue weighted by atomic mass is 15.3. The first kappa shape index (κ1) is 12.2. The van der Waals surface area contributed by atoms with Crippen molar-refractivity contribution in [3.8, 4) is 0 Å². The highest BCUT2D eigenvalue weighted by Gasteiger charge is 2.11. The molecule has 1 heterocycles.